The number of hydrogen-bond acceptors (Lipinski definition) is 5. The Labute approximate surface area is 184 Å². The summed E-state index contributed by atoms with van der Waals surface area (Å²) in [6.07, 6.45) is 7.99. The van der Waals surface area contributed by atoms with Gasteiger partial charge in [-0.2, -0.15) is 3.71 Å². The lowest BCUT2D eigenvalue weighted by Gasteiger charge is -2.25. The Morgan fingerprint density at radius 2 is 1.35 bits per heavy atom. The Balaban J connectivity index is 1.88. The third kappa shape index (κ3) is 4.07. The van der Waals surface area contributed by atoms with Gasteiger partial charge in [-0.25, -0.2) is 16.8 Å². The fourth-order valence-corrected chi connectivity index (χ4v) is 7.55. The molecular weight excluding hydrogens is 434 g/mol. The lowest BCUT2D eigenvalue weighted by atomic mass is 9.91. The maximum Gasteiger partial charge on any atom is 0.277 e. The van der Waals surface area contributed by atoms with Crippen molar-refractivity contribution < 1.29 is 21.6 Å². The third-order valence-corrected chi connectivity index (χ3v) is 9.80. The molecule has 1 atom stereocenters. The van der Waals surface area contributed by atoms with Crippen molar-refractivity contribution in [1.82, 2.24) is 3.71 Å². The number of nitrogens with zero attached hydrogens (tertiary/aromatic N) is 1. The van der Waals surface area contributed by atoms with Gasteiger partial charge in [0.25, 0.3) is 20.0 Å². The summed E-state index contributed by atoms with van der Waals surface area (Å²) in [6.45, 7) is 3.56. The van der Waals surface area contributed by atoms with Gasteiger partial charge in [-0.05, 0) is 63.5 Å². The van der Waals surface area contributed by atoms with Crippen LogP contribution >= 0.6 is 0 Å². The molecule has 1 aliphatic heterocycles. The van der Waals surface area contributed by atoms with Crippen molar-refractivity contribution in [2.24, 2.45) is 0 Å². The predicted molar refractivity (Wildman–Crippen MR) is 118 cm³/mol. The van der Waals surface area contributed by atoms with Gasteiger partial charge in [-0.1, -0.05) is 47.5 Å². The second kappa shape index (κ2) is 7.93. The average molecular weight is 460 g/mol. The number of allylic oxidation sites excluding steroid dienone is 1. The molecule has 0 fully saturated rings. The Hall–Kier alpha value is -2.42. The molecule has 8 heteroatoms. The molecular formula is C23H25NO5S2. The Morgan fingerprint density at radius 3 is 1.81 bits per heavy atom. The Morgan fingerprint density at radius 1 is 0.839 bits per heavy atom. The molecule has 6 nitrogen and oxygen atoms in total. The molecule has 1 spiro atoms. The fraction of sp³-hybridized carbons (Fsp3) is 0.304. The molecule has 0 saturated carbocycles. The quantitative estimate of drug-likeness (QED) is 0.630. The van der Waals surface area contributed by atoms with E-state index < -0.39 is 25.6 Å². The SMILES string of the molecule is Cc1ccc(S(=O)(=O)N(C2=CC3(C=CCCC3)OC2)S(=O)(=O)c2ccc(C)cc2)cc1. The van der Waals surface area contributed by atoms with Crippen LogP contribution in [0.3, 0.4) is 0 Å². The molecule has 1 aliphatic carbocycles. The molecule has 0 bridgehead atoms. The summed E-state index contributed by atoms with van der Waals surface area (Å²) >= 11 is 0. The van der Waals surface area contributed by atoms with Crippen molar-refractivity contribution >= 4 is 20.0 Å². The van der Waals surface area contributed by atoms with Crippen molar-refractivity contribution in [3.63, 3.8) is 0 Å². The normalized spacial score (nSPS) is 21.3. The smallest absolute Gasteiger partial charge is 0.277 e. The highest BCUT2D eigenvalue weighted by Gasteiger charge is 2.43. The minimum absolute atomic E-state index is 0.0881. The molecule has 31 heavy (non-hydrogen) atoms. The monoisotopic (exact) mass is 459 g/mol. The molecule has 2 aromatic carbocycles. The lowest BCUT2D eigenvalue weighted by Crippen LogP contribution is -2.36. The molecule has 0 radical (unpaired) electrons. The molecule has 2 aromatic rings. The van der Waals surface area contributed by atoms with E-state index in [0.29, 0.717) is 10.1 Å². The summed E-state index contributed by atoms with van der Waals surface area (Å²) in [7, 11) is -8.80. The van der Waals surface area contributed by atoms with Crippen LogP contribution in [0.1, 0.15) is 30.4 Å². The highest BCUT2D eigenvalue weighted by atomic mass is 32.3. The topological polar surface area (TPSA) is 80.8 Å². The van der Waals surface area contributed by atoms with E-state index in [4.69, 9.17) is 4.74 Å². The van der Waals surface area contributed by atoms with E-state index in [2.05, 4.69) is 0 Å². The van der Waals surface area contributed by atoms with Crippen LogP contribution in [0.2, 0.25) is 0 Å². The van der Waals surface area contributed by atoms with E-state index in [9.17, 15) is 16.8 Å². The van der Waals surface area contributed by atoms with Crippen LogP contribution in [-0.2, 0) is 24.8 Å². The summed E-state index contributed by atoms with van der Waals surface area (Å²) in [5.74, 6) is 0. The molecule has 0 amide bonds. The second-order valence-electron chi connectivity index (χ2n) is 8.01. The number of rotatable bonds is 5. The first-order valence-corrected chi connectivity index (χ1v) is 13.0. The number of aryl methyl sites for hydroxylation is 2. The number of ether oxygens (including phenoxy) is 1. The average Bonchev–Trinajstić information content (AvgIpc) is 3.11. The van der Waals surface area contributed by atoms with Crippen LogP contribution in [0.25, 0.3) is 0 Å². The van der Waals surface area contributed by atoms with E-state index >= 15 is 0 Å². The predicted octanol–water partition coefficient (Wildman–Crippen LogP) is 4.08. The van der Waals surface area contributed by atoms with E-state index in [1.54, 1.807) is 30.3 Å². The van der Waals surface area contributed by atoms with E-state index in [-0.39, 0.29) is 22.1 Å². The molecule has 0 saturated heterocycles. The summed E-state index contributed by atoms with van der Waals surface area (Å²) in [6, 6.07) is 12.3. The van der Waals surface area contributed by atoms with Crippen LogP contribution < -0.4 is 0 Å². The van der Waals surface area contributed by atoms with E-state index in [0.717, 1.165) is 24.0 Å². The van der Waals surface area contributed by atoms with Crippen molar-refractivity contribution in [3.8, 4) is 0 Å². The molecule has 0 N–H and O–H groups in total. The minimum Gasteiger partial charge on any atom is -0.360 e. The molecule has 2 aliphatic rings. The zero-order valence-electron chi connectivity index (χ0n) is 17.5. The fourth-order valence-electron chi connectivity index (χ4n) is 3.83. The minimum atomic E-state index is -4.40. The summed E-state index contributed by atoms with van der Waals surface area (Å²) < 4.78 is 61.0. The van der Waals surface area contributed by atoms with Crippen LogP contribution in [-0.4, -0.2) is 32.8 Å². The third-order valence-electron chi connectivity index (χ3n) is 5.55. The highest BCUT2D eigenvalue weighted by molar-refractivity contribution is 8.04. The molecule has 1 heterocycles. The Bertz CT molecular complexity index is 1170. The van der Waals surface area contributed by atoms with Crippen molar-refractivity contribution in [3.05, 3.63) is 83.6 Å². The van der Waals surface area contributed by atoms with Gasteiger partial charge in [0.05, 0.1) is 22.1 Å². The van der Waals surface area contributed by atoms with Crippen LogP contribution in [0.4, 0.5) is 0 Å². The van der Waals surface area contributed by atoms with E-state index in [1.807, 2.05) is 26.0 Å². The summed E-state index contributed by atoms with van der Waals surface area (Å²) in [5.41, 5.74) is 1.09. The molecule has 0 aromatic heterocycles. The van der Waals surface area contributed by atoms with Crippen molar-refractivity contribution in [2.45, 2.75) is 48.5 Å². The zero-order valence-corrected chi connectivity index (χ0v) is 19.1. The van der Waals surface area contributed by atoms with E-state index in [1.165, 1.54) is 24.3 Å². The van der Waals surface area contributed by atoms with Gasteiger partial charge in [0.1, 0.15) is 5.60 Å². The van der Waals surface area contributed by atoms with Gasteiger partial charge < -0.3 is 4.74 Å². The first-order chi connectivity index (χ1) is 14.6. The van der Waals surface area contributed by atoms with Crippen LogP contribution in [0.15, 0.2) is 82.2 Å². The number of sulfonamides is 2. The first-order valence-electron chi connectivity index (χ1n) is 10.1. The first kappa shape index (κ1) is 21.8. The maximum absolute atomic E-state index is 13.6. The highest BCUT2D eigenvalue weighted by Crippen LogP contribution is 2.38. The Kier molecular flexibility index (Phi) is 5.57. The van der Waals surface area contributed by atoms with Gasteiger partial charge in [0, 0.05) is 0 Å². The number of hydrogen-bond donors (Lipinski definition) is 0. The summed E-state index contributed by atoms with van der Waals surface area (Å²) in [5, 5.41) is 0. The summed E-state index contributed by atoms with van der Waals surface area (Å²) in [4.78, 5) is -0.176. The van der Waals surface area contributed by atoms with Crippen LogP contribution in [0, 0.1) is 13.8 Å². The number of benzene rings is 2. The molecule has 4 rings (SSSR count). The van der Waals surface area contributed by atoms with Gasteiger partial charge in [-0.3, -0.25) is 0 Å². The van der Waals surface area contributed by atoms with Gasteiger partial charge >= 0.3 is 0 Å². The molecule has 1 unspecified atom stereocenters. The van der Waals surface area contributed by atoms with Gasteiger partial charge in [0.2, 0.25) is 0 Å². The maximum atomic E-state index is 13.6. The van der Waals surface area contributed by atoms with Gasteiger partial charge in [0.15, 0.2) is 0 Å². The zero-order chi connectivity index (χ0) is 22.3. The standard InChI is InChI=1S/C23H25NO5S2/c1-18-6-10-21(11-7-18)30(25,26)24(31(27,28)22-12-8-19(2)9-13-22)20-16-23(29-17-20)14-4-3-5-15-23/h4,6-14,16H,3,5,15,17H2,1-2H3. The van der Waals surface area contributed by atoms with Crippen molar-refractivity contribution in [2.75, 3.05) is 6.61 Å². The van der Waals surface area contributed by atoms with Gasteiger partial charge in [-0.15, -0.1) is 0 Å². The lowest BCUT2D eigenvalue weighted by molar-refractivity contribution is 0.0502. The van der Waals surface area contributed by atoms with Crippen molar-refractivity contribution in [1.29, 1.82) is 0 Å². The van der Waals surface area contributed by atoms with Crippen LogP contribution in [0.5, 0.6) is 0 Å². The second-order valence-corrected chi connectivity index (χ2v) is 11.8. The molecule has 164 valence electrons. The largest absolute Gasteiger partial charge is 0.360 e.